The van der Waals surface area contributed by atoms with Crippen LogP contribution in [-0.4, -0.2) is 75.9 Å². The first-order valence-electron chi connectivity index (χ1n) is 10.8. The number of rotatable bonds is 17. The molecule has 0 bridgehead atoms. The Morgan fingerprint density at radius 3 is 1.66 bits per heavy atom. The maximum atomic E-state index is 12.8. The van der Waals surface area contributed by atoms with Gasteiger partial charge in [0.2, 0.25) is 29.5 Å². The molecule has 15 nitrogen and oxygen atoms in total. The number of hydrogen-bond donors (Lipinski definition) is 8. The van der Waals surface area contributed by atoms with Gasteiger partial charge in [-0.15, -0.1) is 0 Å². The predicted molar refractivity (Wildman–Crippen MR) is 120 cm³/mol. The first kappa shape index (κ1) is 31.2. The van der Waals surface area contributed by atoms with E-state index >= 15 is 0 Å². The molecule has 35 heavy (non-hydrogen) atoms. The van der Waals surface area contributed by atoms with Crippen LogP contribution >= 0.6 is 0 Å². The predicted octanol–water partition coefficient (Wildman–Crippen LogP) is -3.10. The van der Waals surface area contributed by atoms with Crippen molar-refractivity contribution in [2.24, 2.45) is 23.1 Å². The topological polar surface area (TPSA) is 274 Å². The lowest BCUT2D eigenvalue weighted by Crippen LogP contribution is -2.58. The van der Waals surface area contributed by atoms with Crippen LogP contribution in [0.3, 0.4) is 0 Å². The van der Waals surface area contributed by atoms with Crippen LogP contribution in [0.4, 0.5) is 0 Å². The van der Waals surface area contributed by atoms with Crippen LogP contribution in [0.1, 0.15) is 52.4 Å². The van der Waals surface area contributed by atoms with Gasteiger partial charge in [0.25, 0.3) is 0 Å². The Labute approximate surface area is 201 Å². The standard InChI is InChI=1S/C20H34N6O9/c1-9(2)7-10(21)17(31)24-11(3-5-14(22)27)18(32)26-13(8-15(23)28)19(33)25-12(20(34)35)4-6-16(29)30/h9-13H,3-8,21H2,1-2H3,(H2,22,27)(H2,23,28)(H,24,31)(H,25,33)(H,26,32)(H,29,30)(H,34,35). The number of nitrogens with one attached hydrogen (secondary N) is 3. The number of nitrogens with two attached hydrogens (primary N) is 3. The van der Waals surface area contributed by atoms with Crippen molar-refractivity contribution in [3.8, 4) is 0 Å². The van der Waals surface area contributed by atoms with Crippen LogP contribution in [-0.2, 0) is 33.6 Å². The van der Waals surface area contributed by atoms with E-state index in [2.05, 4.69) is 10.6 Å². The summed E-state index contributed by atoms with van der Waals surface area (Å²) in [5, 5.41) is 24.6. The molecule has 5 amide bonds. The molecule has 11 N–H and O–H groups in total. The van der Waals surface area contributed by atoms with Crippen LogP contribution < -0.4 is 33.2 Å². The summed E-state index contributed by atoms with van der Waals surface area (Å²) >= 11 is 0. The highest BCUT2D eigenvalue weighted by Gasteiger charge is 2.31. The second-order valence-corrected chi connectivity index (χ2v) is 8.37. The summed E-state index contributed by atoms with van der Waals surface area (Å²) in [6, 6.07) is -5.60. The number of aliphatic carboxylic acids is 2. The second-order valence-electron chi connectivity index (χ2n) is 8.37. The van der Waals surface area contributed by atoms with Crippen LogP contribution in [0.2, 0.25) is 0 Å². The van der Waals surface area contributed by atoms with Crippen molar-refractivity contribution in [2.75, 3.05) is 0 Å². The van der Waals surface area contributed by atoms with Gasteiger partial charge in [-0.05, 0) is 25.2 Å². The van der Waals surface area contributed by atoms with Crippen molar-refractivity contribution in [1.29, 1.82) is 0 Å². The number of primary amides is 2. The van der Waals surface area contributed by atoms with Crippen molar-refractivity contribution >= 4 is 41.5 Å². The molecule has 4 unspecified atom stereocenters. The molecule has 0 aliphatic rings. The smallest absolute Gasteiger partial charge is 0.326 e. The van der Waals surface area contributed by atoms with Gasteiger partial charge < -0.3 is 43.4 Å². The van der Waals surface area contributed by atoms with E-state index in [-0.39, 0.29) is 18.8 Å². The average Bonchev–Trinajstić information content (AvgIpc) is 2.71. The number of carbonyl (C=O) groups is 7. The first-order valence-corrected chi connectivity index (χ1v) is 10.8. The monoisotopic (exact) mass is 502 g/mol. The Hall–Kier alpha value is -3.75. The van der Waals surface area contributed by atoms with E-state index in [4.69, 9.17) is 22.3 Å². The molecule has 0 aliphatic carbocycles. The Morgan fingerprint density at radius 2 is 1.20 bits per heavy atom. The summed E-state index contributed by atoms with van der Waals surface area (Å²) in [4.78, 5) is 82.5. The fourth-order valence-electron chi connectivity index (χ4n) is 2.93. The summed E-state index contributed by atoms with van der Waals surface area (Å²) in [5.74, 6) is -7.33. The Balaban J connectivity index is 5.59. The zero-order chi connectivity index (χ0) is 27.3. The molecule has 198 valence electrons. The molecule has 0 fully saturated rings. The number of carboxylic acids is 2. The van der Waals surface area contributed by atoms with Crippen LogP contribution in [0.15, 0.2) is 0 Å². The molecule has 0 heterocycles. The molecule has 0 rings (SSSR count). The van der Waals surface area contributed by atoms with E-state index in [0.717, 1.165) is 0 Å². The van der Waals surface area contributed by atoms with Gasteiger partial charge in [0, 0.05) is 12.8 Å². The van der Waals surface area contributed by atoms with Crippen molar-refractivity contribution < 1.29 is 43.8 Å². The van der Waals surface area contributed by atoms with Crippen LogP contribution in [0.5, 0.6) is 0 Å². The lowest BCUT2D eigenvalue weighted by molar-refractivity contribution is -0.143. The third-order valence-electron chi connectivity index (χ3n) is 4.67. The lowest BCUT2D eigenvalue weighted by atomic mass is 10.0. The molecular formula is C20H34N6O9. The summed E-state index contributed by atoms with van der Waals surface area (Å²) in [6.07, 6.45) is -2.01. The van der Waals surface area contributed by atoms with Gasteiger partial charge in [-0.3, -0.25) is 28.8 Å². The summed E-state index contributed by atoms with van der Waals surface area (Å²) in [5.41, 5.74) is 16.1. The normalized spacial score (nSPS) is 14.2. The fourth-order valence-corrected chi connectivity index (χ4v) is 2.93. The van der Waals surface area contributed by atoms with Gasteiger partial charge in [0.05, 0.1) is 12.5 Å². The Kier molecular flexibility index (Phi) is 13.6. The number of carboxylic acid groups (broad SMARTS) is 2. The second kappa shape index (κ2) is 15.2. The lowest BCUT2D eigenvalue weighted by Gasteiger charge is -2.24. The minimum Gasteiger partial charge on any atom is -0.481 e. The Bertz CT molecular complexity index is 817. The maximum Gasteiger partial charge on any atom is 0.326 e. The molecule has 4 atom stereocenters. The minimum absolute atomic E-state index is 0.0700. The highest BCUT2D eigenvalue weighted by molar-refractivity contribution is 5.96. The highest BCUT2D eigenvalue weighted by atomic mass is 16.4. The molecule has 0 saturated heterocycles. The molecule has 0 aromatic rings. The van der Waals surface area contributed by atoms with Crippen LogP contribution in [0, 0.1) is 5.92 Å². The Morgan fingerprint density at radius 1 is 0.714 bits per heavy atom. The van der Waals surface area contributed by atoms with E-state index in [0.29, 0.717) is 6.42 Å². The first-order chi connectivity index (χ1) is 16.1. The van der Waals surface area contributed by atoms with E-state index in [1.807, 2.05) is 19.2 Å². The van der Waals surface area contributed by atoms with Crippen molar-refractivity contribution in [1.82, 2.24) is 16.0 Å². The van der Waals surface area contributed by atoms with Crippen molar-refractivity contribution in [3.05, 3.63) is 0 Å². The van der Waals surface area contributed by atoms with E-state index < -0.39 is 84.9 Å². The zero-order valence-corrected chi connectivity index (χ0v) is 19.6. The van der Waals surface area contributed by atoms with Crippen molar-refractivity contribution in [3.63, 3.8) is 0 Å². The summed E-state index contributed by atoms with van der Waals surface area (Å²) in [6.45, 7) is 3.66. The molecular weight excluding hydrogens is 468 g/mol. The maximum absolute atomic E-state index is 12.8. The van der Waals surface area contributed by atoms with Gasteiger partial charge in [-0.25, -0.2) is 4.79 Å². The highest BCUT2D eigenvalue weighted by Crippen LogP contribution is 2.06. The molecule has 0 aromatic carbocycles. The third kappa shape index (κ3) is 13.5. The molecule has 0 spiro atoms. The van der Waals surface area contributed by atoms with Gasteiger partial charge in [0.1, 0.15) is 18.1 Å². The molecule has 0 saturated carbocycles. The minimum atomic E-state index is -1.65. The molecule has 0 aliphatic heterocycles. The quantitative estimate of drug-likeness (QED) is 0.0991. The zero-order valence-electron chi connectivity index (χ0n) is 19.6. The third-order valence-corrected chi connectivity index (χ3v) is 4.67. The fraction of sp³-hybridized carbons (Fsp3) is 0.650. The van der Waals surface area contributed by atoms with Gasteiger partial charge in [-0.2, -0.15) is 0 Å². The molecule has 15 heteroatoms. The summed E-state index contributed by atoms with van der Waals surface area (Å²) in [7, 11) is 0. The molecule has 0 radical (unpaired) electrons. The van der Waals surface area contributed by atoms with E-state index in [9.17, 15) is 38.7 Å². The van der Waals surface area contributed by atoms with Gasteiger partial charge in [0.15, 0.2) is 0 Å². The number of amides is 5. The molecule has 0 aromatic heterocycles. The van der Waals surface area contributed by atoms with Gasteiger partial charge in [-0.1, -0.05) is 13.8 Å². The van der Waals surface area contributed by atoms with Crippen LogP contribution in [0.25, 0.3) is 0 Å². The van der Waals surface area contributed by atoms with Gasteiger partial charge >= 0.3 is 11.9 Å². The summed E-state index contributed by atoms with van der Waals surface area (Å²) < 4.78 is 0. The largest absolute Gasteiger partial charge is 0.481 e. The number of hydrogen-bond acceptors (Lipinski definition) is 8. The van der Waals surface area contributed by atoms with E-state index in [1.54, 1.807) is 0 Å². The number of carbonyl (C=O) groups excluding carboxylic acids is 5. The average molecular weight is 503 g/mol. The van der Waals surface area contributed by atoms with E-state index in [1.165, 1.54) is 0 Å². The van der Waals surface area contributed by atoms with Crippen molar-refractivity contribution in [2.45, 2.75) is 76.5 Å². The SMILES string of the molecule is CC(C)CC(N)C(=O)NC(CCC(N)=O)C(=O)NC(CC(N)=O)C(=O)NC(CCC(=O)O)C(=O)O.